The van der Waals surface area contributed by atoms with Gasteiger partial charge in [-0.2, -0.15) is 0 Å². The van der Waals surface area contributed by atoms with Crippen molar-refractivity contribution < 1.29 is 9.53 Å². The van der Waals surface area contributed by atoms with E-state index in [1.54, 1.807) is 0 Å². The lowest BCUT2D eigenvalue weighted by Crippen LogP contribution is -2.49. The van der Waals surface area contributed by atoms with Gasteiger partial charge in [0.2, 0.25) is 0 Å². The Kier molecular flexibility index (Phi) is 4.23. The van der Waals surface area contributed by atoms with Crippen molar-refractivity contribution in [2.45, 2.75) is 63.8 Å². The molecule has 0 radical (unpaired) electrons. The van der Waals surface area contributed by atoms with Crippen molar-refractivity contribution in [1.29, 1.82) is 0 Å². The summed E-state index contributed by atoms with van der Waals surface area (Å²) in [4.78, 5) is 14.5. The smallest absolute Gasteiger partial charge is 0.253 e. The molecule has 1 aromatic rings. The molecule has 2 saturated heterocycles. The summed E-state index contributed by atoms with van der Waals surface area (Å²) in [6.07, 6.45) is 2.01. The Morgan fingerprint density at radius 3 is 2.52 bits per heavy atom. The Labute approximate surface area is 139 Å². The molecular formula is C19H28N2O2. The van der Waals surface area contributed by atoms with Crippen LogP contribution in [0.4, 0.5) is 0 Å². The average Bonchev–Trinajstić information content (AvgIpc) is 3.01. The van der Waals surface area contributed by atoms with Crippen LogP contribution in [0.25, 0.3) is 0 Å². The van der Waals surface area contributed by atoms with Crippen molar-refractivity contribution in [1.82, 2.24) is 10.2 Å². The Bertz CT molecular complexity index is 568. The third-order valence-corrected chi connectivity index (χ3v) is 5.01. The highest BCUT2D eigenvalue weighted by Crippen LogP contribution is 2.37. The normalized spacial score (nSPS) is 29.0. The third-order valence-electron chi connectivity index (χ3n) is 5.01. The van der Waals surface area contributed by atoms with E-state index < -0.39 is 0 Å². The van der Waals surface area contributed by atoms with E-state index in [9.17, 15) is 4.79 Å². The van der Waals surface area contributed by atoms with Gasteiger partial charge in [-0.1, -0.05) is 18.2 Å². The largest absolute Gasteiger partial charge is 0.368 e. The predicted octanol–water partition coefficient (Wildman–Crippen LogP) is 2.84. The zero-order chi connectivity index (χ0) is 16.7. The maximum atomic E-state index is 12.5. The van der Waals surface area contributed by atoms with E-state index in [1.807, 2.05) is 35.2 Å². The molecule has 23 heavy (non-hydrogen) atoms. The van der Waals surface area contributed by atoms with Gasteiger partial charge < -0.3 is 15.0 Å². The lowest BCUT2D eigenvalue weighted by molar-refractivity contribution is -0.0703. The van der Waals surface area contributed by atoms with E-state index in [-0.39, 0.29) is 17.1 Å². The molecule has 2 atom stereocenters. The van der Waals surface area contributed by atoms with Crippen molar-refractivity contribution in [2.24, 2.45) is 0 Å². The van der Waals surface area contributed by atoms with E-state index in [0.29, 0.717) is 12.1 Å². The minimum atomic E-state index is -0.166. The molecule has 1 aromatic carbocycles. The number of nitrogens with zero attached hydrogens (tertiary/aromatic N) is 1. The van der Waals surface area contributed by atoms with Crippen molar-refractivity contribution in [3.8, 4) is 0 Å². The molecule has 2 aliphatic heterocycles. The molecule has 0 unspecified atom stereocenters. The van der Waals surface area contributed by atoms with Gasteiger partial charge in [-0.25, -0.2) is 0 Å². The Morgan fingerprint density at radius 1 is 1.22 bits per heavy atom. The molecule has 0 spiro atoms. The number of hydrogen-bond donors (Lipinski definition) is 1. The molecule has 0 aliphatic carbocycles. The molecule has 2 fully saturated rings. The van der Waals surface area contributed by atoms with E-state index in [4.69, 9.17) is 4.74 Å². The highest BCUT2D eigenvalue weighted by Gasteiger charge is 2.46. The van der Waals surface area contributed by atoms with Gasteiger partial charge in [-0.05, 0) is 52.7 Å². The first-order chi connectivity index (χ1) is 10.8. The van der Waals surface area contributed by atoms with E-state index in [1.165, 1.54) is 0 Å². The van der Waals surface area contributed by atoms with Gasteiger partial charge >= 0.3 is 0 Å². The summed E-state index contributed by atoms with van der Waals surface area (Å²) in [6, 6.07) is 10.2. The summed E-state index contributed by atoms with van der Waals surface area (Å²) >= 11 is 0. The predicted molar refractivity (Wildman–Crippen MR) is 91.5 cm³/mol. The summed E-state index contributed by atoms with van der Waals surface area (Å²) in [6.45, 7) is 10.2. The number of benzene rings is 1. The van der Waals surface area contributed by atoms with Gasteiger partial charge in [-0.15, -0.1) is 0 Å². The molecule has 0 bridgehead atoms. The summed E-state index contributed by atoms with van der Waals surface area (Å²) < 4.78 is 6.16. The molecule has 4 nitrogen and oxygen atoms in total. The lowest BCUT2D eigenvalue weighted by Gasteiger charge is -2.30. The first-order valence-corrected chi connectivity index (χ1v) is 8.57. The van der Waals surface area contributed by atoms with Gasteiger partial charge in [-0.3, -0.25) is 4.79 Å². The average molecular weight is 316 g/mol. The fourth-order valence-corrected chi connectivity index (χ4v) is 3.95. The minimum Gasteiger partial charge on any atom is -0.368 e. The quantitative estimate of drug-likeness (QED) is 0.932. The van der Waals surface area contributed by atoms with E-state index in [2.05, 4.69) is 33.0 Å². The highest BCUT2D eigenvalue weighted by molar-refractivity contribution is 5.94. The van der Waals surface area contributed by atoms with Crippen LogP contribution in [-0.2, 0) is 4.74 Å². The summed E-state index contributed by atoms with van der Waals surface area (Å²) in [5, 5.41) is 3.74. The fraction of sp³-hybridized carbons (Fsp3) is 0.632. The molecule has 126 valence electrons. The first kappa shape index (κ1) is 16.5. The van der Waals surface area contributed by atoms with Crippen LogP contribution in [0.5, 0.6) is 0 Å². The number of nitrogens with one attached hydrogen (secondary N) is 1. The van der Waals surface area contributed by atoms with Gasteiger partial charge in [0.25, 0.3) is 5.91 Å². The molecule has 4 heteroatoms. The molecule has 0 saturated carbocycles. The van der Waals surface area contributed by atoms with Crippen LogP contribution in [0, 0.1) is 0 Å². The van der Waals surface area contributed by atoms with E-state index in [0.717, 1.165) is 31.5 Å². The van der Waals surface area contributed by atoms with Gasteiger partial charge in [0, 0.05) is 30.7 Å². The number of hydrogen-bond acceptors (Lipinski definition) is 3. The number of amides is 1. The summed E-state index contributed by atoms with van der Waals surface area (Å²) in [5.74, 6) is 0.136. The van der Waals surface area contributed by atoms with Crippen LogP contribution < -0.4 is 5.32 Å². The highest BCUT2D eigenvalue weighted by atomic mass is 16.5. The van der Waals surface area contributed by atoms with Crippen molar-refractivity contribution >= 4 is 5.91 Å². The fourth-order valence-electron chi connectivity index (χ4n) is 3.95. The van der Waals surface area contributed by atoms with Crippen LogP contribution >= 0.6 is 0 Å². The molecule has 3 rings (SSSR count). The molecular weight excluding hydrogens is 288 g/mol. The Hall–Kier alpha value is -1.39. The second kappa shape index (κ2) is 5.91. The van der Waals surface area contributed by atoms with Crippen LogP contribution in [0.2, 0.25) is 0 Å². The summed E-state index contributed by atoms with van der Waals surface area (Å²) in [7, 11) is 0. The summed E-state index contributed by atoms with van der Waals surface area (Å²) in [5.41, 5.74) is 0.526. The first-order valence-electron chi connectivity index (χ1n) is 8.57. The molecule has 2 heterocycles. The number of carbonyl (C=O) groups is 1. The number of carbonyl (C=O) groups excluding carboxylic acids is 1. The second-order valence-corrected chi connectivity index (χ2v) is 7.99. The monoisotopic (exact) mass is 316 g/mol. The Balaban J connectivity index is 1.59. The SMILES string of the molecule is CC1(C)C[C@@H](N[C@H]2CCN(C(=O)c3ccccc3)C2)C(C)(C)O1. The zero-order valence-electron chi connectivity index (χ0n) is 14.6. The van der Waals surface area contributed by atoms with Crippen molar-refractivity contribution in [3.05, 3.63) is 35.9 Å². The molecule has 2 aliphatic rings. The molecule has 1 amide bonds. The number of ether oxygens (including phenoxy) is 1. The maximum absolute atomic E-state index is 12.5. The van der Waals surface area contributed by atoms with E-state index >= 15 is 0 Å². The van der Waals surface area contributed by atoms with Gasteiger partial charge in [0.1, 0.15) is 0 Å². The van der Waals surface area contributed by atoms with Crippen LogP contribution in [0.3, 0.4) is 0 Å². The zero-order valence-corrected chi connectivity index (χ0v) is 14.6. The molecule has 1 N–H and O–H groups in total. The number of likely N-dealkylation sites (tertiary alicyclic amines) is 1. The minimum absolute atomic E-state index is 0.0840. The standard InChI is InChI=1S/C19H28N2O2/c1-18(2)12-16(19(3,4)23-18)20-15-10-11-21(13-15)17(22)14-8-6-5-7-9-14/h5-9,15-16,20H,10-13H2,1-4H3/t15-,16+/m0/s1. The van der Waals surface area contributed by atoms with Gasteiger partial charge in [0.05, 0.1) is 11.2 Å². The van der Waals surface area contributed by atoms with Crippen molar-refractivity contribution in [3.63, 3.8) is 0 Å². The topological polar surface area (TPSA) is 41.6 Å². The lowest BCUT2D eigenvalue weighted by atomic mass is 9.93. The third kappa shape index (κ3) is 3.59. The molecule has 0 aromatic heterocycles. The Morgan fingerprint density at radius 2 is 1.91 bits per heavy atom. The van der Waals surface area contributed by atoms with Crippen LogP contribution in [-0.4, -0.2) is 47.2 Å². The maximum Gasteiger partial charge on any atom is 0.253 e. The second-order valence-electron chi connectivity index (χ2n) is 7.99. The van der Waals surface area contributed by atoms with Crippen molar-refractivity contribution in [2.75, 3.05) is 13.1 Å². The van der Waals surface area contributed by atoms with Crippen LogP contribution in [0.1, 0.15) is 50.9 Å². The van der Waals surface area contributed by atoms with Gasteiger partial charge in [0.15, 0.2) is 0 Å². The van der Waals surface area contributed by atoms with Crippen LogP contribution in [0.15, 0.2) is 30.3 Å². The number of rotatable bonds is 3.